The number of ether oxygens (including phenoxy) is 1. The normalized spacial score (nSPS) is 13.5. The zero-order valence-electron chi connectivity index (χ0n) is 10.8. The fraction of sp³-hybridized carbons (Fsp3) is 0.636. The maximum atomic E-state index is 5.07. The van der Waals surface area contributed by atoms with Gasteiger partial charge >= 0.3 is 0 Å². The second-order valence-electron chi connectivity index (χ2n) is 3.79. The van der Waals surface area contributed by atoms with E-state index in [0.29, 0.717) is 6.61 Å². The highest BCUT2D eigenvalue weighted by Gasteiger charge is 2.06. The van der Waals surface area contributed by atoms with E-state index in [0.717, 1.165) is 18.2 Å². The average molecular weight is 256 g/mol. The summed E-state index contributed by atoms with van der Waals surface area (Å²) in [6, 6.07) is 0.230. The summed E-state index contributed by atoms with van der Waals surface area (Å²) in [6.07, 6.45) is 0. The van der Waals surface area contributed by atoms with Crippen LogP contribution in [0.1, 0.15) is 17.5 Å². The van der Waals surface area contributed by atoms with Crippen molar-refractivity contribution in [3.8, 4) is 0 Å². The molecule has 17 heavy (non-hydrogen) atoms. The van der Waals surface area contributed by atoms with Crippen LogP contribution in [0.5, 0.6) is 0 Å². The molecule has 0 aromatic carbocycles. The fourth-order valence-corrected chi connectivity index (χ4v) is 2.10. The number of aliphatic imine (C=N–C) groups is 1. The lowest BCUT2D eigenvalue weighted by molar-refractivity contribution is 0.179. The van der Waals surface area contributed by atoms with Crippen LogP contribution < -0.4 is 10.6 Å². The van der Waals surface area contributed by atoms with Crippen LogP contribution >= 0.6 is 11.3 Å². The lowest BCUT2D eigenvalue weighted by Gasteiger charge is -2.16. The minimum Gasteiger partial charge on any atom is -0.383 e. The van der Waals surface area contributed by atoms with Crippen molar-refractivity contribution in [2.24, 2.45) is 4.99 Å². The summed E-state index contributed by atoms with van der Waals surface area (Å²) < 4.78 is 5.07. The molecular weight excluding hydrogens is 236 g/mol. The van der Waals surface area contributed by atoms with Gasteiger partial charge in [0.15, 0.2) is 5.96 Å². The number of nitrogens with one attached hydrogen (secondary N) is 2. The topological polar surface area (TPSA) is 58.5 Å². The third-order valence-corrected chi connectivity index (χ3v) is 3.22. The molecule has 1 unspecified atom stereocenters. The smallest absolute Gasteiger partial charge is 0.191 e. The number of methoxy groups -OCH3 is 1. The predicted molar refractivity (Wildman–Crippen MR) is 71.5 cm³/mol. The summed E-state index contributed by atoms with van der Waals surface area (Å²) in [6.45, 7) is 5.46. The van der Waals surface area contributed by atoms with Gasteiger partial charge in [-0.2, -0.15) is 0 Å². The first kappa shape index (κ1) is 13.9. The summed E-state index contributed by atoms with van der Waals surface area (Å²) in [4.78, 5) is 9.60. The number of rotatable bonds is 5. The monoisotopic (exact) mass is 256 g/mol. The van der Waals surface area contributed by atoms with E-state index in [1.165, 1.54) is 4.88 Å². The number of aromatic nitrogens is 1. The van der Waals surface area contributed by atoms with Gasteiger partial charge in [0, 0.05) is 25.1 Å². The van der Waals surface area contributed by atoms with E-state index in [-0.39, 0.29) is 6.04 Å². The molecule has 6 heteroatoms. The van der Waals surface area contributed by atoms with Gasteiger partial charge in [-0.05, 0) is 13.8 Å². The quantitative estimate of drug-likeness (QED) is 0.613. The van der Waals surface area contributed by atoms with Gasteiger partial charge in [0.2, 0.25) is 0 Å². The molecule has 1 atom stereocenters. The van der Waals surface area contributed by atoms with Crippen molar-refractivity contribution in [1.29, 1.82) is 0 Å². The third kappa shape index (κ3) is 4.70. The summed E-state index contributed by atoms with van der Waals surface area (Å²) in [7, 11) is 3.45. The van der Waals surface area contributed by atoms with E-state index in [9.17, 15) is 0 Å². The number of hydrogen-bond acceptors (Lipinski definition) is 4. The van der Waals surface area contributed by atoms with Gasteiger partial charge in [-0.3, -0.25) is 4.99 Å². The van der Waals surface area contributed by atoms with Gasteiger partial charge in [0.1, 0.15) is 0 Å². The third-order valence-electron chi connectivity index (χ3n) is 2.28. The molecule has 1 aromatic heterocycles. The number of thiazole rings is 1. The molecule has 0 aliphatic heterocycles. The summed E-state index contributed by atoms with van der Waals surface area (Å²) >= 11 is 1.65. The Labute approximate surface area is 106 Å². The Bertz CT molecular complexity index is 364. The van der Waals surface area contributed by atoms with Crippen LogP contribution in [0.3, 0.4) is 0 Å². The number of aryl methyl sites for hydroxylation is 1. The Morgan fingerprint density at radius 2 is 2.41 bits per heavy atom. The SMILES string of the molecule is CN=C(NCc1scnc1C)NC(C)COC. The van der Waals surface area contributed by atoms with Crippen molar-refractivity contribution >= 4 is 17.3 Å². The second-order valence-corrected chi connectivity index (χ2v) is 4.73. The van der Waals surface area contributed by atoms with Gasteiger partial charge in [0.05, 0.1) is 24.4 Å². The lowest BCUT2D eigenvalue weighted by Crippen LogP contribution is -2.43. The highest BCUT2D eigenvalue weighted by atomic mass is 32.1. The molecule has 1 rings (SSSR count). The van der Waals surface area contributed by atoms with E-state index in [1.807, 2.05) is 19.4 Å². The standard InChI is InChI=1S/C11H20N4OS/c1-8(6-16-4)15-11(12-3)13-5-10-9(2)14-7-17-10/h7-8H,5-6H2,1-4H3,(H2,12,13,15). The maximum absolute atomic E-state index is 5.07. The lowest BCUT2D eigenvalue weighted by atomic mass is 10.3. The molecule has 0 bridgehead atoms. The molecule has 0 amide bonds. The average Bonchev–Trinajstić information content (AvgIpc) is 2.70. The van der Waals surface area contributed by atoms with Crippen LogP contribution in [0.4, 0.5) is 0 Å². The van der Waals surface area contributed by atoms with Crippen LogP contribution in [-0.4, -0.2) is 37.7 Å². The largest absolute Gasteiger partial charge is 0.383 e. The Morgan fingerprint density at radius 1 is 1.65 bits per heavy atom. The molecule has 0 aliphatic carbocycles. The van der Waals surface area contributed by atoms with Gasteiger partial charge in [-0.1, -0.05) is 0 Å². The minimum atomic E-state index is 0.230. The van der Waals surface area contributed by atoms with Crippen molar-refractivity contribution in [3.05, 3.63) is 16.1 Å². The molecule has 0 saturated carbocycles. The molecular formula is C11H20N4OS. The zero-order chi connectivity index (χ0) is 12.7. The van der Waals surface area contributed by atoms with Gasteiger partial charge in [0.25, 0.3) is 0 Å². The minimum absolute atomic E-state index is 0.230. The Balaban J connectivity index is 2.41. The first-order chi connectivity index (χ1) is 8.17. The van der Waals surface area contributed by atoms with Crippen LogP contribution in [-0.2, 0) is 11.3 Å². The van der Waals surface area contributed by atoms with Crippen LogP contribution in [0.25, 0.3) is 0 Å². The maximum Gasteiger partial charge on any atom is 0.191 e. The van der Waals surface area contributed by atoms with Gasteiger partial charge in [-0.25, -0.2) is 4.98 Å². The number of nitrogens with zero attached hydrogens (tertiary/aromatic N) is 2. The molecule has 0 radical (unpaired) electrons. The highest BCUT2D eigenvalue weighted by Crippen LogP contribution is 2.10. The molecule has 5 nitrogen and oxygen atoms in total. The van der Waals surface area contributed by atoms with E-state index < -0.39 is 0 Å². The van der Waals surface area contributed by atoms with Crippen molar-refractivity contribution in [2.75, 3.05) is 20.8 Å². The summed E-state index contributed by atoms with van der Waals surface area (Å²) in [5.41, 5.74) is 2.93. The fourth-order valence-electron chi connectivity index (χ4n) is 1.38. The Morgan fingerprint density at radius 3 is 2.94 bits per heavy atom. The Kier molecular flexibility index (Phi) is 5.93. The van der Waals surface area contributed by atoms with Crippen LogP contribution in [0, 0.1) is 6.92 Å². The summed E-state index contributed by atoms with van der Waals surface area (Å²) in [5.74, 6) is 0.780. The highest BCUT2D eigenvalue weighted by molar-refractivity contribution is 7.09. The number of hydrogen-bond donors (Lipinski definition) is 2. The predicted octanol–water partition coefficient (Wildman–Crippen LogP) is 1.15. The summed E-state index contributed by atoms with van der Waals surface area (Å²) in [5, 5.41) is 6.50. The first-order valence-corrected chi connectivity index (χ1v) is 6.40. The van der Waals surface area contributed by atoms with E-state index in [4.69, 9.17) is 4.74 Å². The van der Waals surface area contributed by atoms with Crippen molar-refractivity contribution in [3.63, 3.8) is 0 Å². The molecule has 0 fully saturated rings. The molecule has 0 saturated heterocycles. The molecule has 96 valence electrons. The van der Waals surface area contributed by atoms with Gasteiger partial charge in [-0.15, -0.1) is 11.3 Å². The second kappa shape index (κ2) is 7.24. The van der Waals surface area contributed by atoms with Crippen molar-refractivity contribution in [1.82, 2.24) is 15.6 Å². The number of guanidine groups is 1. The molecule has 1 aromatic rings. The van der Waals surface area contributed by atoms with Crippen LogP contribution in [0.2, 0.25) is 0 Å². The van der Waals surface area contributed by atoms with E-state index >= 15 is 0 Å². The Hall–Kier alpha value is -1.14. The molecule has 0 aliphatic rings. The van der Waals surface area contributed by atoms with Crippen molar-refractivity contribution in [2.45, 2.75) is 26.4 Å². The molecule has 2 N–H and O–H groups in total. The van der Waals surface area contributed by atoms with E-state index in [1.54, 1.807) is 25.5 Å². The van der Waals surface area contributed by atoms with Crippen molar-refractivity contribution < 1.29 is 4.74 Å². The van der Waals surface area contributed by atoms with Gasteiger partial charge < -0.3 is 15.4 Å². The zero-order valence-corrected chi connectivity index (χ0v) is 11.6. The first-order valence-electron chi connectivity index (χ1n) is 5.52. The van der Waals surface area contributed by atoms with Crippen LogP contribution in [0.15, 0.2) is 10.5 Å². The molecule has 1 heterocycles. The van der Waals surface area contributed by atoms with E-state index in [2.05, 4.69) is 20.6 Å². The molecule has 0 spiro atoms.